The fourth-order valence-electron chi connectivity index (χ4n) is 0.806. The molecule has 0 aliphatic heterocycles. The normalized spacial score (nSPS) is 9.50. The van der Waals surface area contributed by atoms with Crippen molar-refractivity contribution in [3.8, 4) is 0 Å². The predicted molar refractivity (Wildman–Crippen MR) is 52.6 cm³/mol. The Kier molecular flexibility index (Phi) is 3.88. The van der Waals surface area contributed by atoms with Gasteiger partial charge in [-0.15, -0.1) is 0 Å². The van der Waals surface area contributed by atoms with Crippen LogP contribution >= 0.6 is 0 Å². The molecule has 3 heteroatoms. The standard InChI is InChI=1S/C11H12O3/c1-9(2)8-13-14-11(12)10-6-4-3-5-7-10/h3-7H,1,8H2,2H3. The monoisotopic (exact) mass is 192 g/mol. The van der Waals surface area contributed by atoms with E-state index in [-0.39, 0.29) is 6.61 Å². The predicted octanol–water partition coefficient (Wildman–Crippen LogP) is 2.35. The lowest BCUT2D eigenvalue weighted by atomic mass is 10.2. The van der Waals surface area contributed by atoms with Crippen molar-refractivity contribution in [2.45, 2.75) is 6.92 Å². The second kappa shape index (κ2) is 5.19. The average molecular weight is 192 g/mol. The molecule has 14 heavy (non-hydrogen) atoms. The van der Waals surface area contributed by atoms with Crippen LogP contribution < -0.4 is 0 Å². The molecule has 1 aromatic carbocycles. The van der Waals surface area contributed by atoms with Gasteiger partial charge in [0.2, 0.25) is 0 Å². The van der Waals surface area contributed by atoms with Gasteiger partial charge in [0.25, 0.3) is 0 Å². The highest BCUT2D eigenvalue weighted by Crippen LogP contribution is 2.01. The summed E-state index contributed by atoms with van der Waals surface area (Å²) in [5, 5.41) is 0. The second-order valence-electron chi connectivity index (χ2n) is 2.96. The number of hydrogen-bond acceptors (Lipinski definition) is 3. The highest BCUT2D eigenvalue weighted by Gasteiger charge is 2.06. The van der Waals surface area contributed by atoms with Gasteiger partial charge in [-0.1, -0.05) is 30.4 Å². The minimum atomic E-state index is -0.494. The van der Waals surface area contributed by atoms with Gasteiger partial charge in [-0.05, 0) is 19.1 Å². The molecule has 0 atom stereocenters. The van der Waals surface area contributed by atoms with Gasteiger partial charge >= 0.3 is 5.97 Å². The summed E-state index contributed by atoms with van der Waals surface area (Å²) in [6, 6.07) is 8.66. The molecule has 0 radical (unpaired) electrons. The molecule has 0 aromatic heterocycles. The van der Waals surface area contributed by atoms with E-state index in [4.69, 9.17) is 0 Å². The zero-order valence-corrected chi connectivity index (χ0v) is 8.03. The number of carbonyl (C=O) groups excluding carboxylic acids is 1. The summed E-state index contributed by atoms with van der Waals surface area (Å²) in [6.45, 7) is 5.62. The summed E-state index contributed by atoms with van der Waals surface area (Å²) in [6.07, 6.45) is 0. The minimum Gasteiger partial charge on any atom is -0.292 e. The van der Waals surface area contributed by atoms with E-state index in [1.807, 2.05) is 6.07 Å². The maximum Gasteiger partial charge on any atom is 0.373 e. The maximum absolute atomic E-state index is 11.2. The third kappa shape index (κ3) is 3.41. The highest BCUT2D eigenvalue weighted by molar-refractivity contribution is 5.88. The SMILES string of the molecule is C=C(C)COOC(=O)c1ccccc1. The van der Waals surface area contributed by atoms with Gasteiger partial charge in [0.1, 0.15) is 6.61 Å². The van der Waals surface area contributed by atoms with Gasteiger partial charge in [-0.25, -0.2) is 4.79 Å². The first kappa shape index (κ1) is 10.5. The lowest BCUT2D eigenvalue weighted by Crippen LogP contribution is -2.06. The Morgan fingerprint density at radius 2 is 2.00 bits per heavy atom. The van der Waals surface area contributed by atoms with Crippen molar-refractivity contribution >= 4 is 5.97 Å². The lowest BCUT2D eigenvalue weighted by Gasteiger charge is -2.02. The molecule has 74 valence electrons. The molecule has 0 spiro atoms. The van der Waals surface area contributed by atoms with Crippen LogP contribution in [0.15, 0.2) is 42.5 Å². The largest absolute Gasteiger partial charge is 0.373 e. The fraction of sp³-hybridized carbons (Fsp3) is 0.182. The van der Waals surface area contributed by atoms with Crippen LogP contribution in [0.4, 0.5) is 0 Å². The summed E-state index contributed by atoms with van der Waals surface area (Å²) >= 11 is 0. The molecule has 0 fully saturated rings. The number of carbonyl (C=O) groups is 1. The van der Waals surface area contributed by atoms with Crippen LogP contribution in [0.25, 0.3) is 0 Å². The van der Waals surface area contributed by atoms with Crippen molar-refractivity contribution in [2.24, 2.45) is 0 Å². The molecule has 0 saturated carbocycles. The van der Waals surface area contributed by atoms with Crippen molar-refractivity contribution in [1.82, 2.24) is 0 Å². The first-order valence-electron chi connectivity index (χ1n) is 4.23. The summed E-state index contributed by atoms with van der Waals surface area (Å²) in [5.41, 5.74) is 1.26. The number of benzene rings is 1. The number of rotatable bonds is 4. The summed E-state index contributed by atoms with van der Waals surface area (Å²) in [7, 11) is 0. The zero-order chi connectivity index (χ0) is 10.4. The molecule has 1 aromatic rings. The van der Waals surface area contributed by atoms with Crippen molar-refractivity contribution in [2.75, 3.05) is 6.61 Å². The van der Waals surface area contributed by atoms with Gasteiger partial charge in [-0.3, -0.25) is 4.89 Å². The van der Waals surface area contributed by atoms with E-state index in [0.717, 1.165) is 5.57 Å². The first-order chi connectivity index (χ1) is 6.70. The quantitative estimate of drug-likeness (QED) is 0.417. The molecule has 0 saturated heterocycles. The van der Waals surface area contributed by atoms with Crippen LogP contribution in [0, 0.1) is 0 Å². The van der Waals surface area contributed by atoms with Crippen LogP contribution in [0.3, 0.4) is 0 Å². The topological polar surface area (TPSA) is 35.5 Å². The Bertz CT molecular complexity index is 317. The molecule has 0 unspecified atom stereocenters. The Morgan fingerprint density at radius 1 is 1.36 bits per heavy atom. The third-order valence-corrected chi connectivity index (χ3v) is 1.45. The second-order valence-corrected chi connectivity index (χ2v) is 2.96. The highest BCUT2D eigenvalue weighted by atomic mass is 17.2. The molecule has 1 rings (SSSR count). The van der Waals surface area contributed by atoms with Crippen LogP contribution in [-0.4, -0.2) is 12.6 Å². The first-order valence-corrected chi connectivity index (χ1v) is 4.23. The van der Waals surface area contributed by atoms with Crippen molar-refractivity contribution in [3.05, 3.63) is 48.0 Å². The van der Waals surface area contributed by atoms with E-state index in [1.54, 1.807) is 31.2 Å². The van der Waals surface area contributed by atoms with Crippen molar-refractivity contribution < 1.29 is 14.6 Å². The van der Waals surface area contributed by atoms with Crippen LogP contribution in [0.5, 0.6) is 0 Å². The fourth-order valence-corrected chi connectivity index (χ4v) is 0.806. The van der Waals surface area contributed by atoms with Crippen molar-refractivity contribution in [3.63, 3.8) is 0 Å². The van der Waals surface area contributed by atoms with Crippen LogP contribution in [0.2, 0.25) is 0 Å². The van der Waals surface area contributed by atoms with Crippen molar-refractivity contribution in [1.29, 1.82) is 0 Å². The van der Waals surface area contributed by atoms with Gasteiger partial charge < -0.3 is 0 Å². The van der Waals surface area contributed by atoms with E-state index in [1.165, 1.54) is 0 Å². The van der Waals surface area contributed by atoms with Crippen LogP contribution in [0.1, 0.15) is 17.3 Å². The molecular weight excluding hydrogens is 180 g/mol. The molecule has 0 N–H and O–H groups in total. The molecule has 0 bridgehead atoms. The molecule has 3 nitrogen and oxygen atoms in total. The van der Waals surface area contributed by atoms with E-state index in [9.17, 15) is 4.79 Å². The Morgan fingerprint density at radius 3 is 2.57 bits per heavy atom. The third-order valence-electron chi connectivity index (χ3n) is 1.45. The van der Waals surface area contributed by atoms with E-state index < -0.39 is 5.97 Å². The molecule has 0 aliphatic carbocycles. The molecular formula is C11H12O3. The van der Waals surface area contributed by atoms with Gasteiger partial charge in [0.15, 0.2) is 0 Å². The number of hydrogen-bond donors (Lipinski definition) is 0. The summed E-state index contributed by atoms with van der Waals surface area (Å²) in [4.78, 5) is 20.5. The lowest BCUT2D eigenvalue weighted by molar-refractivity contribution is -0.233. The van der Waals surface area contributed by atoms with E-state index in [0.29, 0.717) is 5.56 Å². The van der Waals surface area contributed by atoms with Gasteiger partial charge in [0.05, 0.1) is 5.56 Å². The minimum absolute atomic E-state index is 0.221. The van der Waals surface area contributed by atoms with Gasteiger partial charge in [0, 0.05) is 0 Å². The molecule has 0 aliphatic rings. The Hall–Kier alpha value is -1.61. The summed E-state index contributed by atoms with van der Waals surface area (Å²) in [5.74, 6) is -0.494. The van der Waals surface area contributed by atoms with E-state index >= 15 is 0 Å². The zero-order valence-electron chi connectivity index (χ0n) is 8.03. The van der Waals surface area contributed by atoms with Gasteiger partial charge in [-0.2, -0.15) is 4.89 Å². The maximum atomic E-state index is 11.2. The smallest absolute Gasteiger partial charge is 0.292 e. The Labute approximate surface area is 82.9 Å². The Balaban J connectivity index is 2.40. The summed E-state index contributed by atoms with van der Waals surface area (Å²) < 4.78 is 0. The van der Waals surface area contributed by atoms with E-state index in [2.05, 4.69) is 16.4 Å². The molecule has 0 amide bonds. The average Bonchev–Trinajstić information content (AvgIpc) is 2.18. The molecule has 0 heterocycles. The van der Waals surface area contributed by atoms with Crippen LogP contribution in [-0.2, 0) is 9.78 Å².